The fraction of sp³-hybridized carbons (Fsp3) is 1.00. The summed E-state index contributed by atoms with van der Waals surface area (Å²) < 4.78 is 39.8. The Kier molecular flexibility index (Phi) is 5.32. The predicted octanol–water partition coefficient (Wildman–Crippen LogP) is 2.11. The monoisotopic (exact) mass is 200 g/mol. The zero-order valence-corrected chi connectivity index (χ0v) is 7.77. The SMILES string of the molecule is CC(O)CC(C)OCCC(F)(F)F. The molecule has 2 atom stereocenters. The molecule has 80 valence electrons. The maximum absolute atomic E-state index is 11.6. The molecular weight excluding hydrogens is 185 g/mol. The lowest BCUT2D eigenvalue weighted by Crippen LogP contribution is -2.19. The molecule has 0 rings (SSSR count). The van der Waals surface area contributed by atoms with E-state index in [0.717, 1.165) is 0 Å². The zero-order chi connectivity index (χ0) is 10.5. The Morgan fingerprint density at radius 2 is 1.85 bits per heavy atom. The quantitative estimate of drug-likeness (QED) is 0.736. The van der Waals surface area contributed by atoms with Gasteiger partial charge < -0.3 is 9.84 Å². The molecule has 1 N–H and O–H groups in total. The standard InChI is InChI=1S/C8H15F3O2/c1-6(12)5-7(2)13-4-3-8(9,10)11/h6-7,12H,3-5H2,1-2H3. The molecule has 0 saturated heterocycles. The Hall–Kier alpha value is -0.290. The first-order valence-corrected chi connectivity index (χ1v) is 4.17. The van der Waals surface area contributed by atoms with Gasteiger partial charge in [-0.15, -0.1) is 0 Å². The van der Waals surface area contributed by atoms with Crippen molar-refractivity contribution in [3.8, 4) is 0 Å². The van der Waals surface area contributed by atoms with Crippen molar-refractivity contribution in [3.05, 3.63) is 0 Å². The third-order valence-electron chi connectivity index (χ3n) is 1.46. The van der Waals surface area contributed by atoms with Crippen LogP contribution >= 0.6 is 0 Å². The third-order valence-corrected chi connectivity index (χ3v) is 1.46. The van der Waals surface area contributed by atoms with Crippen molar-refractivity contribution in [1.29, 1.82) is 0 Å². The molecule has 0 aliphatic heterocycles. The molecule has 0 radical (unpaired) electrons. The highest BCUT2D eigenvalue weighted by molar-refractivity contribution is 4.56. The van der Waals surface area contributed by atoms with Crippen LogP contribution in [-0.2, 0) is 4.74 Å². The topological polar surface area (TPSA) is 29.5 Å². The van der Waals surface area contributed by atoms with E-state index in [4.69, 9.17) is 9.84 Å². The minimum atomic E-state index is -4.16. The Bertz CT molecular complexity index is 134. The average Bonchev–Trinajstić information content (AvgIpc) is 1.81. The van der Waals surface area contributed by atoms with Crippen molar-refractivity contribution in [2.24, 2.45) is 0 Å². The second-order valence-corrected chi connectivity index (χ2v) is 3.13. The highest BCUT2D eigenvalue weighted by Gasteiger charge is 2.26. The highest BCUT2D eigenvalue weighted by Crippen LogP contribution is 2.19. The lowest BCUT2D eigenvalue weighted by Gasteiger charge is -2.15. The number of rotatable bonds is 5. The summed E-state index contributed by atoms with van der Waals surface area (Å²) in [6.07, 6.45) is -5.61. The van der Waals surface area contributed by atoms with Gasteiger partial charge >= 0.3 is 6.18 Å². The summed E-state index contributed by atoms with van der Waals surface area (Å²) in [5, 5.41) is 8.88. The van der Waals surface area contributed by atoms with Crippen LogP contribution in [0.15, 0.2) is 0 Å². The number of ether oxygens (including phenoxy) is 1. The highest BCUT2D eigenvalue weighted by atomic mass is 19.4. The maximum atomic E-state index is 11.6. The van der Waals surface area contributed by atoms with E-state index >= 15 is 0 Å². The van der Waals surface area contributed by atoms with Gasteiger partial charge in [0.1, 0.15) is 0 Å². The molecule has 5 heteroatoms. The molecular formula is C8H15F3O2. The molecule has 0 spiro atoms. The molecule has 2 nitrogen and oxygen atoms in total. The molecule has 0 aliphatic rings. The third kappa shape index (κ3) is 9.63. The summed E-state index contributed by atoms with van der Waals surface area (Å²) in [6, 6.07) is 0. The fourth-order valence-corrected chi connectivity index (χ4v) is 0.924. The average molecular weight is 200 g/mol. The van der Waals surface area contributed by atoms with Crippen LogP contribution in [0, 0.1) is 0 Å². The summed E-state index contributed by atoms with van der Waals surface area (Å²) in [5.74, 6) is 0. The van der Waals surface area contributed by atoms with Crippen LogP contribution in [0.1, 0.15) is 26.7 Å². The van der Waals surface area contributed by atoms with E-state index in [1.54, 1.807) is 13.8 Å². The lowest BCUT2D eigenvalue weighted by molar-refractivity contribution is -0.149. The molecule has 0 bridgehead atoms. The molecule has 2 unspecified atom stereocenters. The van der Waals surface area contributed by atoms with E-state index in [-0.39, 0.29) is 12.7 Å². The van der Waals surface area contributed by atoms with Gasteiger partial charge in [0.05, 0.1) is 25.2 Å². The summed E-state index contributed by atoms with van der Waals surface area (Å²) in [5.41, 5.74) is 0. The van der Waals surface area contributed by atoms with E-state index in [2.05, 4.69) is 0 Å². The fourth-order valence-electron chi connectivity index (χ4n) is 0.924. The first-order chi connectivity index (χ1) is 5.81. The van der Waals surface area contributed by atoms with Gasteiger partial charge in [0.25, 0.3) is 0 Å². The molecule has 0 fully saturated rings. The number of alkyl halides is 3. The van der Waals surface area contributed by atoms with Crippen LogP contribution < -0.4 is 0 Å². The normalized spacial score (nSPS) is 17.1. The van der Waals surface area contributed by atoms with Crippen LogP contribution in [0.4, 0.5) is 13.2 Å². The minimum absolute atomic E-state index is 0.331. The molecule has 0 aliphatic carbocycles. The molecule has 0 heterocycles. The minimum Gasteiger partial charge on any atom is -0.393 e. The number of hydrogen-bond donors (Lipinski definition) is 1. The largest absolute Gasteiger partial charge is 0.393 e. The summed E-state index contributed by atoms with van der Waals surface area (Å²) >= 11 is 0. The summed E-state index contributed by atoms with van der Waals surface area (Å²) in [6.45, 7) is 2.88. The van der Waals surface area contributed by atoms with Gasteiger partial charge in [-0.3, -0.25) is 0 Å². The van der Waals surface area contributed by atoms with Crippen molar-refractivity contribution in [2.75, 3.05) is 6.61 Å². The van der Waals surface area contributed by atoms with Crippen molar-refractivity contribution in [1.82, 2.24) is 0 Å². The summed E-state index contributed by atoms with van der Waals surface area (Å²) in [7, 11) is 0. The Morgan fingerprint density at radius 3 is 2.23 bits per heavy atom. The van der Waals surface area contributed by atoms with E-state index in [1.807, 2.05) is 0 Å². The maximum Gasteiger partial charge on any atom is 0.391 e. The van der Waals surface area contributed by atoms with E-state index < -0.39 is 18.7 Å². The van der Waals surface area contributed by atoms with Gasteiger partial charge in [-0.05, 0) is 20.3 Å². The van der Waals surface area contributed by atoms with Crippen molar-refractivity contribution >= 4 is 0 Å². The Labute approximate surface area is 75.7 Å². The summed E-state index contributed by atoms with van der Waals surface area (Å²) in [4.78, 5) is 0. The van der Waals surface area contributed by atoms with Gasteiger partial charge in [-0.2, -0.15) is 13.2 Å². The van der Waals surface area contributed by atoms with E-state index in [9.17, 15) is 13.2 Å². The second-order valence-electron chi connectivity index (χ2n) is 3.13. The molecule has 0 aromatic carbocycles. The van der Waals surface area contributed by atoms with Crippen LogP contribution in [0.25, 0.3) is 0 Å². The van der Waals surface area contributed by atoms with E-state index in [1.165, 1.54) is 0 Å². The molecule has 0 aromatic heterocycles. The number of aliphatic hydroxyl groups excluding tert-OH is 1. The lowest BCUT2D eigenvalue weighted by atomic mass is 10.2. The van der Waals surface area contributed by atoms with E-state index in [0.29, 0.717) is 6.42 Å². The van der Waals surface area contributed by atoms with Crippen LogP contribution in [-0.4, -0.2) is 30.1 Å². The van der Waals surface area contributed by atoms with Gasteiger partial charge in [-0.25, -0.2) is 0 Å². The molecule has 0 saturated carbocycles. The second kappa shape index (κ2) is 5.44. The van der Waals surface area contributed by atoms with Crippen LogP contribution in [0.3, 0.4) is 0 Å². The zero-order valence-electron chi connectivity index (χ0n) is 7.77. The smallest absolute Gasteiger partial charge is 0.391 e. The predicted molar refractivity (Wildman–Crippen MR) is 42.4 cm³/mol. The number of aliphatic hydroxyl groups is 1. The van der Waals surface area contributed by atoms with Gasteiger partial charge in [0.15, 0.2) is 0 Å². The number of hydrogen-bond acceptors (Lipinski definition) is 2. The Balaban J connectivity index is 3.42. The molecule has 13 heavy (non-hydrogen) atoms. The van der Waals surface area contributed by atoms with Crippen LogP contribution in [0.5, 0.6) is 0 Å². The molecule has 0 amide bonds. The van der Waals surface area contributed by atoms with Crippen molar-refractivity contribution in [2.45, 2.75) is 45.1 Å². The number of halogens is 3. The van der Waals surface area contributed by atoms with Gasteiger partial charge in [0.2, 0.25) is 0 Å². The van der Waals surface area contributed by atoms with Crippen molar-refractivity contribution < 1.29 is 23.0 Å². The van der Waals surface area contributed by atoms with Crippen molar-refractivity contribution in [3.63, 3.8) is 0 Å². The first kappa shape index (κ1) is 12.7. The first-order valence-electron chi connectivity index (χ1n) is 4.17. The van der Waals surface area contributed by atoms with Crippen LogP contribution in [0.2, 0.25) is 0 Å². The van der Waals surface area contributed by atoms with Gasteiger partial charge in [-0.1, -0.05) is 0 Å². The van der Waals surface area contributed by atoms with Gasteiger partial charge in [0, 0.05) is 0 Å². The molecule has 0 aromatic rings. The Morgan fingerprint density at radius 1 is 1.31 bits per heavy atom.